The number of aromatic nitrogens is 1. The standard InChI is InChI=1S/C13H16ClFN2O3/c1-7(12(19)20-13(2,3)4)17-11(18)9-5-8(15)6-16-10(9)14/h5-7H,1-4H3,(H,17,18)/t7-/m1/s1. The second kappa shape index (κ2) is 6.17. The number of rotatable bonds is 3. The van der Waals surface area contributed by atoms with Crippen molar-refractivity contribution in [2.45, 2.75) is 39.3 Å². The SMILES string of the molecule is C[C@@H](NC(=O)c1cc(F)cnc1Cl)C(=O)OC(C)(C)C. The third kappa shape index (κ3) is 4.77. The molecule has 20 heavy (non-hydrogen) atoms. The van der Waals surface area contributed by atoms with Crippen molar-refractivity contribution in [3.8, 4) is 0 Å². The Hall–Kier alpha value is -1.69. The fourth-order valence-electron chi connectivity index (χ4n) is 1.31. The number of ether oxygens (including phenoxy) is 1. The van der Waals surface area contributed by atoms with Crippen molar-refractivity contribution in [3.63, 3.8) is 0 Å². The highest BCUT2D eigenvalue weighted by Crippen LogP contribution is 2.14. The fraction of sp³-hybridized carbons (Fsp3) is 0.462. The molecule has 0 aliphatic rings. The molecular formula is C13H16ClFN2O3. The zero-order valence-electron chi connectivity index (χ0n) is 11.7. The number of carbonyl (C=O) groups is 2. The lowest BCUT2D eigenvalue weighted by Crippen LogP contribution is -2.42. The van der Waals surface area contributed by atoms with Gasteiger partial charge in [-0.05, 0) is 33.8 Å². The van der Waals surface area contributed by atoms with Gasteiger partial charge >= 0.3 is 5.97 Å². The first-order valence-corrected chi connectivity index (χ1v) is 6.32. The van der Waals surface area contributed by atoms with Crippen LogP contribution in [0.1, 0.15) is 38.1 Å². The van der Waals surface area contributed by atoms with E-state index in [2.05, 4.69) is 10.3 Å². The van der Waals surface area contributed by atoms with Crippen molar-refractivity contribution in [2.75, 3.05) is 0 Å². The van der Waals surface area contributed by atoms with E-state index in [4.69, 9.17) is 16.3 Å². The molecule has 1 aromatic rings. The van der Waals surface area contributed by atoms with Crippen LogP contribution in [-0.2, 0) is 9.53 Å². The van der Waals surface area contributed by atoms with Gasteiger partial charge in [0.05, 0.1) is 11.8 Å². The molecule has 0 aliphatic carbocycles. The Balaban J connectivity index is 2.75. The normalized spacial score (nSPS) is 12.7. The summed E-state index contributed by atoms with van der Waals surface area (Å²) < 4.78 is 18.1. The highest BCUT2D eigenvalue weighted by atomic mass is 35.5. The van der Waals surface area contributed by atoms with Gasteiger partial charge in [-0.1, -0.05) is 11.6 Å². The van der Waals surface area contributed by atoms with Crippen LogP contribution in [0.5, 0.6) is 0 Å². The lowest BCUT2D eigenvalue weighted by molar-refractivity contribution is -0.156. The molecular weight excluding hydrogens is 287 g/mol. The molecule has 7 heteroatoms. The van der Waals surface area contributed by atoms with Crippen LogP contribution in [0.15, 0.2) is 12.3 Å². The van der Waals surface area contributed by atoms with Crippen molar-refractivity contribution in [1.82, 2.24) is 10.3 Å². The van der Waals surface area contributed by atoms with E-state index in [1.165, 1.54) is 6.92 Å². The van der Waals surface area contributed by atoms with Crippen molar-refractivity contribution >= 4 is 23.5 Å². The van der Waals surface area contributed by atoms with Gasteiger partial charge in [0.15, 0.2) is 0 Å². The Labute approximate surface area is 121 Å². The molecule has 1 N–H and O–H groups in total. The molecule has 5 nitrogen and oxygen atoms in total. The molecule has 110 valence electrons. The topological polar surface area (TPSA) is 68.3 Å². The van der Waals surface area contributed by atoms with Crippen LogP contribution in [0.25, 0.3) is 0 Å². The predicted octanol–water partition coefficient (Wildman–Crippen LogP) is 2.33. The summed E-state index contributed by atoms with van der Waals surface area (Å²) in [7, 11) is 0. The average molecular weight is 303 g/mol. The molecule has 0 fully saturated rings. The minimum atomic E-state index is -0.888. The van der Waals surface area contributed by atoms with Gasteiger partial charge in [-0.15, -0.1) is 0 Å². The molecule has 0 radical (unpaired) electrons. The summed E-state index contributed by atoms with van der Waals surface area (Å²) >= 11 is 5.71. The summed E-state index contributed by atoms with van der Waals surface area (Å²) in [5, 5.41) is 2.24. The van der Waals surface area contributed by atoms with Crippen LogP contribution >= 0.6 is 11.6 Å². The van der Waals surface area contributed by atoms with Gasteiger partial charge in [-0.3, -0.25) is 4.79 Å². The Morgan fingerprint density at radius 1 is 1.45 bits per heavy atom. The molecule has 0 aliphatic heterocycles. The van der Waals surface area contributed by atoms with E-state index >= 15 is 0 Å². The summed E-state index contributed by atoms with van der Waals surface area (Å²) in [6.45, 7) is 6.61. The smallest absolute Gasteiger partial charge is 0.328 e. The van der Waals surface area contributed by atoms with Crippen LogP contribution < -0.4 is 5.32 Å². The van der Waals surface area contributed by atoms with E-state index in [-0.39, 0.29) is 10.7 Å². The van der Waals surface area contributed by atoms with Crippen molar-refractivity contribution in [2.24, 2.45) is 0 Å². The van der Waals surface area contributed by atoms with Gasteiger partial charge in [0.25, 0.3) is 5.91 Å². The van der Waals surface area contributed by atoms with E-state index in [9.17, 15) is 14.0 Å². The molecule has 0 spiro atoms. The van der Waals surface area contributed by atoms with Gasteiger partial charge < -0.3 is 10.1 Å². The quantitative estimate of drug-likeness (QED) is 0.687. The average Bonchev–Trinajstić information content (AvgIpc) is 2.29. The molecule has 1 rings (SSSR count). The minimum Gasteiger partial charge on any atom is -0.458 e. The summed E-state index contributed by atoms with van der Waals surface area (Å²) in [6.07, 6.45) is 0.899. The Morgan fingerprint density at radius 2 is 2.05 bits per heavy atom. The molecule has 0 unspecified atom stereocenters. The number of nitrogens with one attached hydrogen (secondary N) is 1. The van der Waals surface area contributed by atoms with E-state index in [0.29, 0.717) is 0 Å². The van der Waals surface area contributed by atoms with Crippen molar-refractivity contribution < 1.29 is 18.7 Å². The van der Waals surface area contributed by atoms with Gasteiger partial charge in [0.1, 0.15) is 22.6 Å². The molecule has 0 saturated carbocycles. The summed E-state index contributed by atoms with van der Waals surface area (Å²) in [5.74, 6) is -1.98. The molecule has 1 amide bonds. The molecule has 0 saturated heterocycles. The molecule has 1 heterocycles. The lowest BCUT2D eigenvalue weighted by Gasteiger charge is -2.22. The van der Waals surface area contributed by atoms with E-state index < -0.39 is 29.3 Å². The van der Waals surface area contributed by atoms with Gasteiger partial charge in [0.2, 0.25) is 0 Å². The number of halogens is 2. The number of hydrogen-bond acceptors (Lipinski definition) is 4. The molecule has 0 aromatic carbocycles. The number of amides is 1. The zero-order chi connectivity index (χ0) is 15.5. The second-order valence-electron chi connectivity index (χ2n) is 5.22. The first-order chi connectivity index (χ1) is 9.10. The van der Waals surface area contributed by atoms with E-state index in [1.807, 2.05) is 0 Å². The van der Waals surface area contributed by atoms with Crippen molar-refractivity contribution in [3.05, 3.63) is 28.8 Å². The Kier molecular flexibility index (Phi) is 5.05. The molecule has 0 bridgehead atoms. The predicted molar refractivity (Wildman–Crippen MR) is 72.0 cm³/mol. The second-order valence-corrected chi connectivity index (χ2v) is 5.58. The van der Waals surface area contributed by atoms with Crippen LogP contribution in [0.4, 0.5) is 4.39 Å². The third-order valence-electron chi connectivity index (χ3n) is 2.16. The number of hydrogen-bond donors (Lipinski definition) is 1. The van der Waals surface area contributed by atoms with Crippen LogP contribution in [-0.4, -0.2) is 28.5 Å². The van der Waals surface area contributed by atoms with E-state index in [1.54, 1.807) is 20.8 Å². The number of nitrogens with zero attached hydrogens (tertiary/aromatic N) is 1. The summed E-state index contributed by atoms with van der Waals surface area (Å²) in [4.78, 5) is 27.1. The maximum absolute atomic E-state index is 13.0. The van der Waals surface area contributed by atoms with Gasteiger partial charge in [-0.25, -0.2) is 14.2 Å². The highest BCUT2D eigenvalue weighted by molar-refractivity contribution is 6.32. The maximum atomic E-state index is 13.0. The Morgan fingerprint density at radius 3 is 2.60 bits per heavy atom. The lowest BCUT2D eigenvalue weighted by atomic mass is 10.2. The first kappa shape index (κ1) is 16.4. The van der Waals surface area contributed by atoms with Gasteiger partial charge in [0, 0.05) is 0 Å². The fourth-order valence-corrected chi connectivity index (χ4v) is 1.49. The zero-order valence-corrected chi connectivity index (χ0v) is 12.4. The highest BCUT2D eigenvalue weighted by Gasteiger charge is 2.24. The maximum Gasteiger partial charge on any atom is 0.328 e. The first-order valence-electron chi connectivity index (χ1n) is 5.95. The van der Waals surface area contributed by atoms with E-state index in [0.717, 1.165) is 12.3 Å². The number of carbonyl (C=O) groups excluding carboxylic acids is 2. The minimum absolute atomic E-state index is 0.137. The molecule has 1 atom stereocenters. The number of pyridine rings is 1. The Bertz CT molecular complexity index is 529. The van der Waals surface area contributed by atoms with Crippen LogP contribution in [0.2, 0.25) is 5.15 Å². The van der Waals surface area contributed by atoms with Crippen LogP contribution in [0, 0.1) is 5.82 Å². The van der Waals surface area contributed by atoms with Crippen LogP contribution in [0.3, 0.4) is 0 Å². The monoisotopic (exact) mass is 302 g/mol. The number of esters is 1. The largest absolute Gasteiger partial charge is 0.458 e. The third-order valence-corrected chi connectivity index (χ3v) is 2.46. The summed E-state index contributed by atoms with van der Waals surface area (Å²) in [6, 6.07) is 0.0630. The van der Waals surface area contributed by atoms with Crippen molar-refractivity contribution in [1.29, 1.82) is 0 Å². The molecule has 1 aromatic heterocycles. The van der Waals surface area contributed by atoms with Gasteiger partial charge in [-0.2, -0.15) is 0 Å². The summed E-state index contributed by atoms with van der Waals surface area (Å²) in [5.41, 5.74) is -0.796.